The van der Waals surface area contributed by atoms with Crippen LogP contribution in [0.5, 0.6) is 0 Å². The number of rotatable bonds is 4. The molecule has 5 heteroatoms. The molecule has 5 nitrogen and oxygen atoms in total. The van der Waals surface area contributed by atoms with E-state index >= 15 is 0 Å². The SMILES string of the molecule is CNC(=O)C(=O)NC[C@H](c1cccc2ccccc12)N(C)C. The molecule has 2 amide bonds. The van der Waals surface area contributed by atoms with Crippen LogP contribution >= 0.6 is 0 Å². The van der Waals surface area contributed by atoms with E-state index in [0.29, 0.717) is 6.54 Å². The van der Waals surface area contributed by atoms with Gasteiger partial charge in [-0.15, -0.1) is 0 Å². The van der Waals surface area contributed by atoms with Crippen molar-refractivity contribution in [1.29, 1.82) is 0 Å². The largest absolute Gasteiger partial charge is 0.351 e. The number of amides is 2. The van der Waals surface area contributed by atoms with Crippen molar-refractivity contribution in [3.8, 4) is 0 Å². The molecule has 0 saturated carbocycles. The Balaban J connectivity index is 2.27. The van der Waals surface area contributed by atoms with Crippen molar-refractivity contribution in [3.63, 3.8) is 0 Å². The van der Waals surface area contributed by atoms with E-state index in [1.807, 2.05) is 37.2 Å². The van der Waals surface area contributed by atoms with Crippen LogP contribution in [0.1, 0.15) is 11.6 Å². The second-order valence-electron chi connectivity index (χ2n) is 5.34. The van der Waals surface area contributed by atoms with Crippen LogP contribution in [-0.4, -0.2) is 44.4 Å². The van der Waals surface area contributed by atoms with Crippen molar-refractivity contribution in [2.75, 3.05) is 27.7 Å². The highest BCUT2D eigenvalue weighted by molar-refractivity contribution is 6.35. The predicted octanol–water partition coefficient (Wildman–Crippen LogP) is 1.30. The normalized spacial score (nSPS) is 12.2. The molecule has 0 bridgehead atoms. The molecule has 1 atom stereocenters. The van der Waals surface area contributed by atoms with E-state index in [2.05, 4.69) is 34.9 Å². The van der Waals surface area contributed by atoms with Gasteiger partial charge in [-0.1, -0.05) is 42.5 Å². The monoisotopic (exact) mass is 299 g/mol. The van der Waals surface area contributed by atoms with Crippen LogP contribution in [0.4, 0.5) is 0 Å². The first-order valence-corrected chi connectivity index (χ1v) is 7.18. The molecule has 116 valence electrons. The first-order chi connectivity index (χ1) is 10.5. The maximum Gasteiger partial charge on any atom is 0.309 e. The Hall–Kier alpha value is -2.40. The summed E-state index contributed by atoms with van der Waals surface area (Å²) in [4.78, 5) is 25.0. The highest BCUT2D eigenvalue weighted by Gasteiger charge is 2.19. The zero-order valence-corrected chi connectivity index (χ0v) is 13.1. The second kappa shape index (κ2) is 7.04. The van der Waals surface area contributed by atoms with E-state index in [9.17, 15) is 9.59 Å². The number of carbonyl (C=O) groups is 2. The standard InChI is InChI=1S/C17H21N3O2/c1-18-16(21)17(22)19-11-15(20(2)3)14-10-6-8-12-7-4-5-9-13(12)14/h4-10,15H,11H2,1-3H3,(H,18,21)(H,19,22)/t15-/m1/s1. The minimum Gasteiger partial charge on any atom is -0.351 e. The van der Waals surface area contributed by atoms with Crippen LogP contribution in [0.25, 0.3) is 10.8 Å². The molecule has 2 N–H and O–H groups in total. The molecule has 0 aliphatic rings. The molecule has 2 rings (SSSR count). The number of benzene rings is 2. The summed E-state index contributed by atoms with van der Waals surface area (Å²) in [7, 11) is 5.35. The molecular weight excluding hydrogens is 278 g/mol. The zero-order valence-electron chi connectivity index (χ0n) is 13.1. The lowest BCUT2D eigenvalue weighted by atomic mass is 9.98. The van der Waals surface area contributed by atoms with Gasteiger partial charge in [-0.2, -0.15) is 0 Å². The molecular formula is C17H21N3O2. The van der Waals surface area contributed by atoms with Crippen molar-refractivity contribution in [1.82, 2.24) is 15.5 Å². The number of carbonyl (C=O) groups excluding carboxylic acids is 2. The molecule has 0 spiro atoms. The molecule has 2 aromatic rings. The van der Waals surface area contributed by atoms with Crippen LogP contribution in [0, 0.1) is 0 Å². The average molecular weight is 299 g/mol. The molecule has 0 heterocycles. The van der Waals surface area contributed by atoms with Crippen molar-refractivity contribution < 1.29 is 9.59 Å². The third-order valence-electron chi connectivity index (χ3n) is 3.69. The van der Waals surface area contributed by atoms with E-state index in [0.717, 1.165) is 16.3 Å². The third-order valence-corrected chi connectivity index (χ3v) is 3.69. The number of fused-ring (bicyclic) bond motifs is 1. The maximum absolute atomic E-state index is 11.7. The van der Waals surface area contributed by atoms with Crippen LogP contribution in [-0.2, 0) is 9.59 Å². The molecule has 22 heavy (non-hydrogen) atoms. The lowest BCUT2D eigenvalue weighted by Gasteiger charge is -2.26. The Morgan fingerprint density at radius 3 is 2.41 bits per heavy atom. The Kier molecular flexibility index (Phi) is 5.12. The quantitative estimate of drug-likeness (QED) is 0.837. The Morgan fingerprint density at radius 1 is 1.05 bits per heavy atom. The van der Waals surface area contributed by atoms with Crippen LogP contribution in [0.15, 0.2) is 42.5 Å². The first kappa shape index (κ1) is 16.0. The lowest BCUT2D eigenvalue weighted by Crippen LogP contribution is -2.42. The maximum atomic E-state index is 11.7. The molecule has 0 unspecified atom stereocenters. The Labute approximate surface area is 130 Å². The third kappa shape index (κ3) is 3.43. The molecule has 0 aliphatic heterocycles. The second-order valence-corrected chi connectivity index (χ2v) is 5.34. The van der Waals surface area contributed by atoms with Gasteiger partial charge in [0.25, 0.3) is 0 Å². The summed E-state index contributed by atoms with van der Waals surface area (Å²) in [6.45, 7) is 0.368. The van der Waals surface area contributed by atoms with Gasteiger partial charge >= 0.3 is 11.8 Å². The molecule has 0 radical (unpaired) electrons. The van der Waals surface area contributed by atoms with Gasteiger partial charge in [0.15, 0.2) is 0 Å². The lowest BCUT2D eigenvalue weighted by molar-refractivity contribution is -0.139. The van der Waals surface area contributed by atoms with Crippen LogP contribution in [0.3, 0.4) is 0 Å². The van der Waals surface area contributed by atoms with E-state index in [1.54, 1.807) is 0 Å². The molecule has 0 aromatic heterocycles. The summed E-state index contributed by atoms with van der Waals surface area (Å²) in [5, 5.41) is 7.32. The van der Waals surface area contributed by atoms with Crippen LogP contribution < -0.4 is 10.6 Å². The van der Waals surface area contributed by atoms with Gasteiger partial charge in [-0.05, 0) is 30.4 Å². The minimum absolute atomic E-state index is 0.0142. The Bertz CT molecular complexity index is 677. The summed E-state index contributed by atoms with van der Waals surface area (Å²) in [6, 6.07) is 14.3. The molecule has 0 saturated heterocycles. The fraction of sp³-hybridized carbons (Fsp3) is 0.294. The van der Waals surface area contributed by atoms with E-state index in [1.165, 1.54) is 7.05 Å². The fourth-order valence-electron chi connectivity index (χ4n) is 2.49. The van der Waals surface area contributed by atoms with Gasteiger partial charge < -0.3 is 15.5 Å². The summed E-state index contributed by atoms with van der Waals surface area (Å²) >= 11 is 0. The smallest absolute Gasteiger partial charge is 0.309 e. The Morgan fingerprint density at radius 2 is 1.73 bits per heavy atom. The number of hydrogen-bond acceptors (Lipinski definition) is 3. The van der Waals surface area contributed by atoms with E-state index < -0.39 is 11.8 Å². The van der Waals surface area contributed by atoms with Gasteiger partial charge in [-0.3, -0.25) is 9.59 Å². The number of nitrogens with one attached hydrogen (secondary N) is 2. The summed E-state index contributed by atoms with van der Waals surface area (Å²) in [5.74, 6) is -1.25. The van der Waals surface area contributed by atoms with Crippen molar-refractivity contribution in [3.05, 3.63) is 48.0 Å². The van der Waals surface area contributed by atoms with Crippen LogP contribution in [0.2, 0.25) is 0 Å². The molecule has 0 aliphatic carbocycles. The van der Waals surface area contributed by atoms with Gasteiger partial charge in [0.1, 0.15) is 0 Å². The number of nitrogens with zero attached hydrogens (tertiary/aromatic N) is 1. The van der Waals surface area contributed by atoms with E-state index in [-0.39, 0.29) is 6.04 Å². The predicted molar refractivity (Wildman–Crippen MR) is 87.5 cm³/mol. The van der Waals surface area contributed by atoms with Crippen molar-refractivity contribution in [2.45, 2.75) is 6.04 Å². The summed E-state index contributed by atoms with van der Waals surface area (Å²) in [5.41, 5.74) is 1.13. The van der Waals surface area contributed by atoms with Gasteiger partial charge in [0, 0.05) is 13.6 Å². The summed E-state index contributed by atoms with van der Waals surface area (Å²) in [6.07, 6.45) is 0. The van der Waals surface area contributed by atoms with Crippen molar-refractivity contribution >= 4 is 22.6 Å². The average Bonchev–Trinajstić information content (AvgIpc) is 2.53. The van der Waals surface area contributed by atoms with Gasteiger partial charge in [0.2, 0.25) is 0 Å². The number of likely N-dealkylation sites (N-methyl/N-ethyl adjacent to an activating group) is 2. The highest BCUT2D eigenvalue weighted by atomic mass is 16.2. The minimum atomic E-state index is -0.629. The van der Waals surface area contributed by atoms with Gasteiger partial charge in [-0.25, -0.2) is 0 Å². The fourth-order valence-corrected chi connectivity index (χ4v) is 2.49. The topological polar surface area (TPSA) is 61.4 Å². The van der Waals surface area contributed by atoms with Crippen molar-refractivity contribution in [2.24, 2.45) is 0 Å². The molecule has 0 fully saturated rings. The summed E-state index contributed by atoms with van der Waals surface area (Å²) < 4.78 is 0. The van der Waals surface area contributed by atoms with Gasteiger partial charge in [0.05, 0.1) is 6.04 Å². The first-order valence-electron chi connectivity index (χ1n) is 7.18. The van der Waals surface area contributed by atoms with E-state index in [4.69, 9.17) is 0 Å². The number of hydrogen-bond donors (Lipinski definition) is 2. The highest BCUT2D eigenvalue weighted by Crippen LogP contribution is 2.26. The zero-order chi connectivity index (χ0) is 16.1. The molecule has 2 aromatic carbocycles.